The third-order valence-corrected chi connectivity index (χ3v) is 3.01. The summed E-state index contributed by atoms with van der Waals surface area (Å²) in [6.07, 6.45) is 0. The van der Waals surface area contributed by atoms with Crippen LogP contribution in [0.2, 0.25) is 0 Å². The molecule has 0 saturated heterocycles. The molecule has 1 aromatic carbocycles. The molecule has 1 atom stereocenters. The molecule has 0 aromatic heterocycles. The summed E-state index contributed by atoms with van der Waals surface area (Å²) >= 11 is 0. The van der Waals surface area contributed by atoms with Crippen molar-refractivity contribution in [2.75, 3.05) is 32.1 Å². The van der Waals surface area contributed by atoms with Gasteiger partial charge in [-0.2, -0.15) is 5.26 Å². The van der Waals surface area contributed by atoms with Crippen molar-refractivity contribution in [3.63, 3.8) is 0 Å². The van der Waals surface area contributed by atoms with Crippen LogP contribution in [0.4, 0.5) is 5.69 Å². The van der Waals surface area contributed by atoms with E-state index in [0.717, 1.165) is 5.69 Å². The molecule has 102 valence electrons. The van der Waals surface area contributed by atoms with E-state index in [4.69, 9.17) is 5.26 Å². The highest BCUT2D eigenvalue weighted by Crippen LogP contribution is 2.14. The van der Waals surface area contributed by atoms with Gasteiger partial charge in [-0.15, -0.1) is 0 Å². The first-order valence-electron chi connectivity index (χ1n) is 6.45. The Balaban J connectivity index is 2.83. The fourth-order valence-corrected chi connectivity index (χ4v) is 1.81. The number of nitrogens with zero attached hydrogens (tertiary/aromatic N) is 3. The predicted molar refractivity (Wildman–Crippen MR) is 77.1 cm³/mol. The van der Waals surface area contributed by atoms with Crippen LogP contribution in [0.3, 0.4) is 0 Å². The molecule has 0 radical (unpaired) electrons. The predicted octanol–water partition coefficient (Wildman–Crippen LogP) is 2.37. The summed E-state index contributed by atoms with van der Waals surface area (Å²) in [5, 5.41) is 8.84. The van der Waals surface area contributed by atoms with Crippen LogP contribution in [0.25, 0.3) is 0 Å². The average molecular weight is 259 g/mol. The van der Waals surface area contributed by atoms with E-state index in [-0.39, 0.29) is 11.8 Å². The van der Waals surface area contributed by atoms with Crippen LogP contribution in [0.1, 0.15) is 24.2 Å². The second-order valence-electron chi connectivity index (χ2n) is 4.82. The van der Waals surface area contributed by atoms with Gasteiger partial charge in [0.15, 0.2) is 0 Å². The first kappa shape index (κ1) is 15.0. The van der Waals surface area contributed by atoms with Gasteiger partial charge in [0.25, 0.3) is 5.91 Å². The molecular weight excluding hydrogens is 238 g/mol. The minimum atomic E-state index is -0.148. The summed E-state index contributed by atoms with van der Waals surface area (Å²) in [6.45, 7) is 4.84. The molecule has 0 fully saturated rings. The van der Waals surface area contributed by atoms with Gasteiger partial charge >= 0.3 is 0 Å². The molecule has 1 rings (SSSR count). The monoisotopic (exact) mass is 259 g/mol. The maximum Gasteiger partial charge on any atom is 0.253 e. The van der Waals surface area contributed by atoms with Gasteiger partial charge in [0.1, 0.15) is 0 Å². The number of rotatable bonds is 5. The van der Waals surface area contributed by atoms with E-state index in [0.29, 0.717) is 18.7 Å². The molecule has 4 heteroatoms. The lowest BCUT2D eigenvalue weighted by Crippen LogP contribution is -2.34. The van der Waals surface area contributed by atoms with Crippen LogP contribution in [-0.4, -0.2) is 38.0 Å². The van der Waals surface area contributed by atoms with E-state index in [1.54, 1.807) is 4.90 Å². The lowest BCUT2D eigenvalue weighted by atomic mass is 10.1. The van der Waals surface area contributed by atoms with Crippen molar-refractivity contribution >= 4 is 11.6 Å². The Bertz CT molecular complexity index is 459. The second-order valence-corrected chi connectivity index (χ2v) is 4.82. The first-order valence-corrected chi connectivity index (χ1v) is 6.45. The molecule has 0 heterocycles. The Morgan fingerprint density at radius 3 is 2.32 bits per heavy atom. The minimum Gasteiger partial charge on any atom is -0.378 e. The van der Waals surface area contributed by atoms with E-state index in [9.17, 15) is 4.79 Å². The highest BCUT2D eigenvalue weighted by molar-refractivity contribution is 5.94. The van der Waals surface area contributed by atoms with Crippen molar-refractivity contribution in [3.05, 3.63) is 29.8 Å². The quantitative estimate of drug-likeness (QED) is 0.815. The number of nitriles is 1. The third kappa shape index (κ3) is 3.99. The molecule has 0 bridgehead atoms. The average Bonchev–Trinajstić information content (AvgIpc) is 2.43. The summed E-state index contributed by atoms with van der Waals surface area (Å²) in [7, 11) is 3.92. The summed E-state index contributed by atoms with van der Waals surface area (Å²) in [6, 6.07) is 9.67. The van der Waals surface area contributed by atoms with Gasteiger partial charge in [0, 0.05) is 38.4 Å². The number of benzene rings is 1. The zero-order valence-electron chi connectivity index (χ0n) is 12.1. The largest absolute Gasteiger partial charge is 0.378 e. The number of hydrogen-bond donors (Lipinski definition) is 0. The topological polar surface area (TPSA) is 47.3 Å². The van der Waals surface area contributed by atoms with Gasteiger partial charge in [-0.05, 0) is 38.1 Å². The fourth-order valence-electron chi connectivity index (χ4n) is 1.81. The molecule has 19 heavy (non-hydrogen) atoms. The van der Waals surface area contributed by atoms with Gasteiger partial charge in [-0.3, -0.25) is 4.79 Å². The van der Waals surface area contributed by atoms with Crippen molar-refractivity contribution in [2.24, 2.45) is 5.92 Å². The molecule has 0 aliphatic rings. The minimum absolute atomic E-state index is 0.0186. The van der Waals surface area contributed by atoms with Gasteiger partial charge in [0.2, 0.25) is 0 Å². The molecule has 0 aliphatic heterocycles. The molecule has 0 spiro atoms. The van der Waals surface area contributed by atoms with E-state index < -0.39 is 0 Å². The molecular formula is C15H21N3O. The Morgan fingerprint density at radius 2 is 1.89 bits per heavy atom. The van der Waals surface area contributed by atoms with E-state index in [1.165, 1.54) is 0 Å². The highest BCUT2D eigenvalue weighted by atomic mass is 16.2. The van der Waals surface area contributed by atoms with Crippen LogP contribution >= 0.6 is 0 Å². The molecule has 0 aliphatic carbocycles. The number of anilines is 1. The van der Waals surface area contributed by atoms with Gasteiger partial charge in [-0.25, -0.2) is 0 Å². The summed E-state index contributed by atoms with van der Waals surface area (Å²) in [4.78, 5) is 16.0. The lowest BCUT2D eigenvalue weighted by Gasteiger charge is -2.22. The Kier molecular flexibility index (Phi) is 5.37. The van der Waals surface area contributed by atoms with E-state index >= 15 is 0 Å². The van der Waals surface area contributed by atoms with Crippen LogP contribution in [-0.2, 0) is 0 Å². The van der Waals surface area contributed by atoms with Gasteiger partial charge in [0.05, 0.1) is 12.0 Å². The SMILES string of the molecule is CCN(CC(C)C#N)C(=O)c1ccc(N(C)C)cc1. The normalized spacial score (nSPS) is 11.5. The number of amides is 1. The lowest BCUT2D eigenvalue weighted by molar-refractivity contribution is 0.0752. The van der Waals surface area contributed by atoms with Crippen LogP contribution in [0.15, 0.2) is 24.3 Å². The Morgan fingerprint density at radius 1 is 1.32 bits per heavy atom. The van der Waals surface area contributed by atoms with Crippen molar-refractivity contribution in [2.45, 2.75) is 13.8 Å². The van der Waals surface area contributed by atoms with Crippen molar-refractivity contribution in [3.8, 4) is 6.07 Å². The number of carbonyl (C=O) groups excluding carboxylic acids is 1. The Labute approximate surface area is 115 Å². The molecule has 0 saturated carbocycles. The number of carbonyl (C=O) groups is 1. The summed E-state index contributed by atoms with van der Waals surface area (Å²) < 4.78 is 0. The van der Waals surface area contributed by atoms with Crippen LogP contribution in [0.5, 0.6) is 0 Å². The van der Waals surface area contributed by atoms with Crippen molar-refractivity contribution in [1.29, 1.82) is 5.26 Å². The molecule has 1 unspecified atom stereocenters. The molecule has 0 N–H and O–H groups in total. The smallest absolute Gasteiger partial charge is 0.253 e. The Hall–Kier alpha value is -2.02. The zero-order chi connectivity index (χ0) is 14.4. The van der Waals surface area contributed by atoms with Gasteiger partial charge < -0.3 is 9.80 Å². The van der Waals surface area contributed by atoms with Crippen LogP contribution < -0.4 is 4.90 Å². The van der Waals surface area contributed by atoms with E-state index in [1.807, 2.05) is 57.1 Å². The maximum absolute atomic E-state index is 12.3. The third-order valence-electron chi connectivity index (χ3n) is 3.01. The summed E-state index contributed by atoms with van der Waals surface area (Å²) in [5.41, 5.74) is 1.72. The fraction of sp³-hybridized carbons (Fsp3) is 0.467. The van der Waals surface area contributed by atoms with E-state index in [2.05, 4.69) is 6.07 Å². The van der Waals surface area contributed by atoms with Gasteiger partial charge in [-0.1, -0.05) is 0 Å². The van der Waals surface area contributed by atoms with Crippen LogP contribution in [0, 0.1) is 17.2 Å². The highest BCUT2D eigenvalue weighted by Gasteiger charge is 2.16. The van der Waals surface area contributed by atoms with Crippen molar-refractivity contribution < 1.29 is 4.79 Å². The number of hydrogen-bond acceptors (Lipinski definition) is 3. The zero-order valence-corrected chi connectivity index (χ0v) is 12.1. The molecule has 1 amide bonds. The summed E-state index contributed by atoms with van der Waals surface area (Å²) in [5.74, 6) is -0.167. The molecule has 4 nitrogen and oxygen atoms in total. The van der Waals surface area contributed by atoms with Crippen molar-refractivity contribution in [1.82, 2.24) is 4.90 Å². The maximum atomic E-state index is 12.3. The second kappa shape index (κ2) is 6.79. The standard InChI is InChI=1S/C15H21N3O/c1-5-18(11-12(2)10-16)15(19)13-6-8-14(9-7-13)17(3)4/h6-9,12H,5,11H2,1-4H3. The first-order chi connectivity index (χ1) is 8.99. The molecule has 1 aromatic rings.